The van der Waals surface area contributed by atoms with Crippen LogP contribution in [0.15, 0.2) is 0 Å². The van der Waals surface area contributed by atoms with Crippen molar-refractivity contribution in [3.05, 3.63) is 0 Å². The molecule has 0 unspecified atom stereocenters. The van der Waals surface area contributed by atoms with E-state index in [-0.39, 0.29) is 5.60 Å². The van der Waals surface area contributed by atoms with Crippen molar-refractivity contribution in [1.29, 1.82) is 0 Å². The van der Waals surface area contributed by atoms with Crippen LogP contribution in [0.3, 0.4) is 0 Å². The Labute approximate surface area is 94.5 Å². The summed E-state index contributed by atoms with van der Waals surface area (Å²) in [4.78, 5) is 0. The Hall–Kier alpha value is -0.0800. The van der Waals surface area contributed by atoms with Gasteiger partial charge in [0.2, 0.25) is 0 Å². The van der Waals surface area contributed by atoms with E-state index < -0.39 is 0 Å². The molecule has 0 aromatic carbocycles. The van der Waals surface area contributed by atoms with E-state index in [9.17, 15) is 5.11 Å². The molecule has 0 aromatic heterocycles. The number of hydrogen-bond acceptors (Lipinski definition) is 2. The topological polar surface area (TPSA) is 32.3 Å². The first-order chi connectivity index (χ1) is 7.20. The predicted molar refractivity (Wildman–Crippen MR) is 65.0 cm³/mol. The van der Waals surface area contributed by atoms with Crippen LogP contribution in [0.1, 0.15) is 65.2 Å². The molecular weight excluding hydrogens is 186 g/mol. The summed E-state index contributed by atoms with van der Waals surface area (Å²) in [6.07, 6.45) is 9.00. The Morgan fingerprint density at radius 1 is 1.20 bits per heavy atom. The lowest BCUT2D eigenvalue weighted by Gasteiger charge is -2.36. The Kier molecular flexibility index (Phi) is 5.62. The van der Waals surface area contributed by atoms with Crippen molar-refractivity contribution in [2.75, 3.05) is 6.54 Å². The lowest BCUT2D eigenvalue weighted by atomic mass is 9.79. The van der Waals surface area contributed by atoms with Crippen LogP contribution in [-0.4, -0.2) is 23.3 Å². The molecule has 0 atom stereocenters. The summed E-state index contributed by atoms with van der Waals surface area (Å²) < 4.78 is 0. The summed E-state index contributed by atoms with van der Waals surface area (Å²) in [5.41, 5.74) is -0.332. The summed E-state index contributed by atoms with van der Waals surface area (Å²) in [5.74, 6) is 0. The van der Waals surface area contributed by atoms with E-state index in [2.05, 4.69) is 19.2 Å². The molecule has 0 spiro atoms. The van der Waals surface area contributed by atoms with Crippen molar-refractivity contribution in [3.8, 4) is 0 Å². The van der Waals surface area contributed by atoms with E-state index in [4.69, 9.17) is 0 Å². The Balaban J connectivity index is 2.21. The molecule has 0 aromatic rings. The zero-order valence-electron chi connectivity index (χ0n) is 10.4. The van der Waals surface area contributed by atoms with Crippen molar-refractivity contribution >= 4 is 0 Å². The number of nitrogens with one attached hydrogen (secondary N) is 1. The van der Waals surface area contributed by atoms with E-state index in [1.165, 1.54) is 19.3 Å². The van der Waals surface area contributed by atoms with Gasteiger partial charge in [-0.15, -0.1) is 0 Å². The van der Waals surface area contributed by atoms with Crippen LogP contribution in [0.5, 0.6) is 0 Å². The lowest BCUT2D eigenvalue weighted by Crippen LogP contribution is -2.41. The van der Waals surface area contributed by atoms with Gasteiger partial charge in [-0.3, -0.25) is 0 Å². The van der Waals surface area contributed by atoms with E-state index >= 15 is 0 Å². The van der Waals surface area contributed by atoms with E-state index in [1.54, 1.807) is 0 Å². The minimum atomic E-state index is -0.332. The summed E-state index contributed by atoms with van der Waals surface area (Å²) in [7, 11) is 0. The molecule has 0 saturated heterocycles. The van der Waals surface area contributed by atoms with Crippen molar-refractivity contribution in [2.24, 2.45) is 0 Å². The number of unbranched alkanes of at least 4 members (excludes halogenated alkanes) is 2. The van der Waals surface area contributed by atoms with Gasteiger partial charge < -0.3 is 10.4 Å². The number of hydrogen-bond donors (Lipinski definition) is 2. The van der Waals surface area contributed by atoms with Crippen LogP contribution >= 0.6 is 0 Å². The number of aliphatic hydroxyl groups is 1. The summed E-state index contributed by atoms with van der Waals surface area (Å²) in [6.45, 7) is 5.42. The average molecular weight is 213 g/mol. The van der Waals surface area contributed by atoms with Gasteiger partial charge in [-0.25, -0.2) is 0 Å². The molecule has 1 aliphatic carbocycles. The minimum Gasteiger partial charge on any atom is -0.390 e. The highest BCUT2D eigenvalue weighted by atomic mass is 16.3. The highest BCUT2D eigenvalue weighted by molar-refractivity contribution is 4.87. The molecule has 90 valence electrons. The molecular formula is C13H27NO. The van der Waals surface area contributed by atoms with Gasteiger partial charge in [-0.2, -0.15) is 0 Å². The Morgan fingerprint density at radius 2 is 1.87 bits per heavy atom. The zero-order valence-corrected chi connectivity index (χ0v) is 10.4. The first-order valence-corrected chi connectivity index (χ1v) is 6.66. The highest BCUT2D eigenvalue weighted by Gasteiger charge is 2.31. The molecule has 0 amide bonds. The van der Waals surface area contributed by atoms with Crippen LogP contribution in [0.25, 0.3) is 0 Å². The third-order valence-corrected chi connectivity index (χ3v) is 3.65. The maximum absolute atomic E-state index is 10.4. The molecule has 0 bridgehead atoms. The normalized spacial score (nSPS) is 31.8. The molecule has 15 heavy (non-hydrogen) atoms. The first-order valence-electron chi connectivity index (χ1n) is 6.66. The van der Waals surface area contributed by atoms with Crippen LogP contribution in [0.4, 0.5) is 0 Å². The van der Waals surface area contributed by atoms with Crippen LogP contribution < -0.4 is 5.32 Å². The van der Waals surface area contributed by atoms with E-state index in [1.807, 2.05) is 0 Å². The van der Waals surface area contributed by atoms with Crippen LogP contribution in [0.2, 0.25) is 0 Å². The third-order valence-electron chi connectivity index (χ3n) is 3.65. The van der Waals surface area contributed by atoms with Gasteiger partial charge in [0.15, 0.2) is 0 Å². The van der Waals surface area contributed by atoms with Crippen molar-refractivity contribution < 1.29 is 5.11 Å². The van der Waals surface area contributed by atoms with Gasteiger partial charge >= 0.3 is 0 Å². The van der Waals surface area contributed by atoms with Crippen LogP contribution in [0, 0.1) is 0 Å². The molecule has 2 N–H and O–H groups in total. The molecule has 2 nitrogen and oxygen atoms in total. The van der Waals surface area contributed by atoms with Gasteiger partial charge in [0.1, 0.15) is 0 Å². The molecule has 0 aliphatic heterocycles. The van der Waals surface area contributed by atoms with Gasteiger partial charge in [-0.1, -0.05) is 33.1 Å². The van der Waals surface area contributed by atoms with E-state index in [0.717, 1.165) is 38.6 Å². The second kappa shape index (κ2) is 6.49. The monoisotopic (exact) mass is 213 g/mol. The molecule has 2 heteroatoms. The summed E-state index contributed by atoms with van der Waals surface area (Å²) in [6, 6.07) is 0.654. The van der Waals surface area contributed by atoms with Crippen molar-refractivity contribution in [3.63, 3.8) is 0 Å². The Bertz CT molecular complexity index is 162. The standard InChI is InChI=1S/C13H27NO/c1-3-5-6-9-13(15)10-7-12(8-11-13)14-4-2/h12,14-15H,3-11H2,1-2H3. The summed E-state index contributed by atoms with van der Waals surface area (Å²) >= 11 is 0. The number of rotatable bonds is 6. The maximum atomic E-state index is 10.4. The molecule has 1 saturated carbocycles. The second-order valence-corrected chi connectivity index (χ2v) is 5.01. The minimum absolute atomic E-state index is 0.332. The molecule has 0 radical (unpaired) electrons. The SMILES string of the molecule is CCCCCC1(O)CCC(NCC)CC1. The van der Waals surface area contributed by atoms with Gasteiger partial charge in [0, 0.05) is 6.04 Å². The van der Waals surface area contributed by atoms with Crippen LogP contribution in [-0.2, 0) is 0 Å². The fourth-order valence-corrected chi connectivity index (χ4v) is 2.60. The first kappa shape index (κ1) is 13.0. The molecule has 0 heterocycles. The molecule has 1 rings (SSSR count). The smallest absolute Gasteiger partial charge is 0.0649 e. The summed E-state index contributed by atoms with van der Waals surface area (Å²) in [5, 5.41) is 13.8. The quantitative estimate of drug-likeness (QED) is 0.665. The third kappa shape index (κ3) is 4.52. The Morgan fingerprint density at radius 3 is 2.40 bits per heavy atom. The second-order valence-electron chi connectivity index (χ2n) is 5.01. The predicted octanol–water partition coefficient (Wildman–Crippen LogP) is 2.85. The van der Waals surface area contributed by atoms with Gasteiger partial charge in [0.05, 0.1) is 5.60 Å². The molecule has 1 aliphatic rings. The largest absolute Gasteiger partial charge is 0.390 e. The van der Waals surface area contributed by atoms with E-state index in [0.29, 0.717) is 6.04 Å². The maximum Gasteiger partial charge on any atom is 0.0649 e. The fraction of sp³-hybridized carbons (Fsp3) is 1.00. The average Bonchev–Trinajstić information content (AvgIpc) is 2.23. The molecule has 1 fully saturated rings. The van der Waals surface area contributed by atoms with Gasteiger partial charge in [-0.05, 0) is 38.6 Å². The zero-order chi connectivity index (χ0) is 11.1. The van der Waals surface area contributed by atoms with Crippen molar-refractivity contribution in [2.45, 2.75) is 76.9 Å². The lowest BCUT2D eigenvalue weighted by molar-refractivity contribution is -0.0127. The highest BCUT2D eigenvalue weighted by Crippen LogP contribution is 2.32. The van der Waals surface area contributed by atoms with Crippen molar-refractivity contribution in [1.82, 2.24) is 5.32 Å². The fourth-order valence-electron chi connectivity index (χ4n) is 2.60. The van der Waals surface area contributed by atoms with Gasteiger partial charge in [0.25, 0.3) is 0 Å².